The third-order valence-electron chi connectivity index (χ3n) is 4.83. The standard InChI is InChI=1S/C17H32Si3/c1-9-10-15-20(8,19(5,6)7)17-14-12-11-13-16(17)18(2,3)4/h9,11-14H,1,10,15H2,2-8H3. The van der Waals surface area contributed by atoms with Crippen LogP contribution >= 0.6 is 0 Å². The predicted octanol–water partition coefficient (Wildman–Crippen LogP) is 4.51. The van der Waals surface area contributed by atoms with E-state index < -0.39 is 23.3 Å². The molecular formula is C17H32Si3. The van der Waals surface area contributed by atoms with Gasteiger partial charge in [-0.15, -0.1) is 6.58 Å². The van der Waals surface area contributed by atoms with E-state index >= 15 is 0 Å². The summed E-state index contributed by atoms with van der Waals surface area (Å²) in [7, 11) is -3.86. The topological polar surface area (TPSA) is 0 Å². The highest BCUT2D eigenvalue weighted by atomic mass is 29.3. The molecule has 0 aliphatic carbocycles. The molecule has 0 nitrogen and oxygen atoms in total. The molecule has 0 radical (unpaired) electrons. The van der Waals surface area contributed by atoms with Crippen LogP contribution in [0.15, 0.2) is 36.9 Å². The van der Waals surface area contributed by atoms with E-state index in [0.29, 0.717) is 0 Å². The quantitative estimate of drug-likeness (QED) is 0.534. The van der Waals surface area contributed by atoms with Crippen LogP contribution in [0.25, 0.3) is 0 Å². The Kier molecular flexibility index (Phi) is 5.44. The summed E-state index contributed by atoms with van der Waals surface area (Å²) in [5.74, 6) is 0. The van der Waals surface area contributed by atoms with E-state index in [0.717, 1.165) is 0 Å². The number of rotatable bonds is 6. The van der Waals surface area contributed by atoms with E-state index in [9.17, 15) is 0 Å². The SMILES string of the molecule is C=CCC[Si](C)(c1ccccc1[Si](C)(C)C)[Si](C)(C)C. The lowest BCUT2D eigenvalue weighted by molar-refractivity contribution is 1.18. The van der Waals surface area contributed by atoms with Crippen molar-refractivity contribution in [2.24, 2.45) is 0 Å². The lowest BCUT2D eigenvalue weighted by Gasteiger charge is -2.42. The van der Waals surface area contributed by atoms with Crippen LogP contribution in [0.3, 0.4) is 0 Å². The Labute approximate surface area is 129 Å². The van der Waals surface area contributed by atoms with E-state index in [1.54, 1.807) is 10.4 Å². The molecule has 0 saturated carbocycles. The molecule has 20 heavy (non-hydrogen) atoms. The van der Waals surface area contributed by atoms with E-state index in [2.05, 4.69) is 82.7 Å². The summed E-state index contributed by atoms with van der Waals surface area (Å²) in [5, 5.41) is 3.47. The van der Waals surface area contributed by atoms with Crippen molar-refractivity contribution in [1.29, 1.82) is 0 Å². The number of allylic oxidation sites excluding steroid dienone is 1. The van der Waals surface area contributed by atoms with E-state index in [1.807, 2.05) is 0 Å². The Morgan fingerprint density at radius 2 is 1.40 bits per heavy atom. The van der Waals surface area contributed by atoms with Crippen LogP contribution in [-0.2, 0) is 0 Å². The van der Waals surface area contributed by atoms with Gasteiger partial charge in [-0.3, -0.25) is 0 Å². The van der Waals surface area contributed by atoms with Crippen LogP contribution < -0.4 is 10.4 Å². The van der Waals surface area contributed by atoms with Crippen LogP contribution in [0.5, 0.6) is 0 Å². The monoisotopic (exact) mass is 320 g/mol. The van der Waals surface area contributed by atoms with Crippen molar-refractivity contribution in [1.82, 2.24) is 0 Å². The molecule has 0 saturated heterocycles. The Balaban J connectivity index is 3.47. The molecule has 3 heteroatoms. The summed E-state index contributed by atoms with van der Waals surface area (Å²) < 4.78 is 0. The van der Waals surface area contributed by atoms with Gasteiger partial charge in [0.05, 0.1) is 15.7 Å². The molecule has 0 bridgehead atoms. The maximum absolute atomic E-state index is 3.96. The van der Waals surface area contributed by atoms with Crippen molar-refractivity contribution in [2.75, 3.05) is 0 Å². The highest BCUT2D eigenvalue weighted by molar-refractivity contribution is 7.46. The first kappa shape index (κ1) is 17.7. The molecule has 0 N–H and O–H groups in total. The van der Waals surface area contributed by atoms with Crippen molar-refractivity contribution >= 4 is 33.6 Å². The van der Waals surface area contributed by atoms with Gasteiger partial charge in [-0.05, 0) is 6.42 Å². The summed E-state index contributed by atoms with van der Waals surface area (Å²) in [5.41, 5.74) is 0. The first-order valence-corrected chi connectivity index (χ1v) is 18.5. The smallest absolute Gasteiger partial charge is 0.0774 e. The normalized spacial score (nSPS) is 15.8. The fourth-order valence-corrected chi connectivity index (χ4v) is 16.2. The Morgan fingerprint density at radius 3 is 1.80 bits per heavy atom. The molecule has 1 aromatic rings. The molecule has 1 aromatic carbocycles. The molecule has 112 valence electrons. The largest absolute Gasteiger partial charge is 0.103 e. The Bertz CT molecular complexity index is 466. The van der Waals surface area contributed by atoms with Crippen LogP contribution in [0.4, 0.5) is 0 Å². The molecule has 1 atom stereocenters. The minimum Gasteiger partial charge on any atom is -0.103 e. The summed E-state index contributed by atoms with van der Waals surface area (Å²) in [6.07, 6.45) is 3.29. The van der Waals surface area contributed by atoms with Crippen molar-refractivity contribution in [2.45, 2.75) is 58.3 Å². The first-order valence-electron chi connectivity index (χ1n) is 7.75. The van der Waals surface area contributed by atoms with Crippen LogP contribution in [0.2, 0.25) is 51.9 Å². The second kappa shape index (κ2) is 6.16. The number of hydrogen-bond donors (Lipinski definition) is 0. The number of benzene rings is 1. The molecule has 0 aliphatic heterocycles. The van der Waals surface area contributed by atoms with E-state index in [-0.39, 0.29) is 0 Å². The van der Waals surface area contributed by atoms with E-state index in [4.69, 9.17) is 0 Å². The fourth-order valence-electron chi connectivity index (χ4n) is 2.92. The van der Waals surface area contributed by atoms with Gasteiger partial charge in [0.25, 0.3) is 0 Å². The van der Waals surface area contributed by atoms with Crippen LogP contribution in [0.1, 0.15) is 6.42 Å². The molecule has 1 rings (SSSR count). The van der Waals surface area contributed by atoms with Gasteiger partial charge in [0, 0.05) is 7.59 Å². The molecule has 0 fully saturated rings. The zero-order valence-corrected chi connectivity index (χ0v) is 17.5. The first-order chi connectivity index (χ1) is 9.04. The van der Waals surface area contributed by atoms with Crippen molar-refractivity contribution in [3.8, 4) is 0 Å². The summed E-state index contributed by atoms with van der Waals surface area (Å²) >= 11 is 0. The van der Waals surface area contributed by atoms with Crippen molar-refractivity contribution in [3.05, 3.63) is 36.9 Å². The Morgan fingerprint density at radius 1 is 0.900 bits per heavy atom. The second-order valence-corrected chi connectivity index (χ2v) is 29.3. The summed E-state index contributed by atoms with van der Waals surface area (Å²) in [4.78, 5) is 0. The summed E-state index contributed by atoms with van der Waals surface area (Å²) in [6, 6.07) is 10.7. The minimum atomic E-state index is -1.40. The number of hydrogen-bond acceptors (Lipinski definition) is 0. The summed E-state index contributed by atoms with van der Waals surface area (Å²) in [6.45, 7) is 21.8. The van der Waals surface area contributed by atoms with Crippen molar-refractivity contribution in [3.63, 3.8) is 0 Å². The Hall–Kier alpha value is -0.389. The van der Waals surface area contributed by atoms with Gasteiger partial charge in [-0.2, -0.15) is 0 Å². The third-order valence-corrected chi connectivity index (χ3v) is 24.8. The fraction of sp³-hybridized carbons (Fsp3) is 0.529. The van der Waals surface area contributed by atoms with E-state index in [1.165, 1.54) is 12.5 Å². The van der Waals surface area contributed by atoms with Gasteiger partial charge in [-0.1, -0.05) is 92.6 Å². The predicted molar refractivity (Wildman–Crippen MR) is 104 cm³/mol. The van der Waals surface area contributed by atoms with Gasteiger partial charge in [0.1, 0.15) is 0 Å². The maximum atomic E-state index is 3.96. The molecule has 0 aliphatic rings. The highest BCUT2D eigenvalue weighted by Gasteiger charge is 2.44. The van der Waals surface area contributed by atoms with Gasteiger partial charge in [0.2, 0.25) is 0 Å². The highest BCUT2D eigenvalue weighted by Crippen LogP contribution is 2.25. The zero-order valence-electron chi connectivity index (χ0n) is 14.5. The maximum Gasteiger partial charge on any atom is 0.0774 e. The molecular weight excluding hydrogens is 288 g/mol. The lowest BCUT2D eigenvalue weighted by Crippen LogP contribution is -2.69. The molecule has 0 spiro atoms. The zero-order chi connectivity index (χ0) is 15.6. The third kappa shape index (κ3) is 3.63. The van der Waals surface area contributed by atoms with Gasteiger partial charge in [0.15, 0.2) is 0 Å². The average molecular weight is 321 g/mol. The molecule has 0 aromatic heterocycles. The molecule has 1 unspecified atom stereocenters. The molecule has 0 amide bonds. The minimum absolute atomic E-state index is 1.17. The van der Waals surface area contributed by atoms with Gasteiger partial charge < -0.3 is 0 Å². The van der Waals surface area contributed by atoms with Crippen LogP contribution in [-0.4, -0.2) is 23.3 Å². The lowest BCUT2D eigenvalue weighted by atomic mass is 10.4. The van der Waals surface area contributed by atoms with Gasteiger partial charge >= 0.3 is 0 Å². The van der Waals surface area contributed by atoms with Crippen LogP contribution in [0, 0.1) is 0 Å². The molecule has 0 heterocycles. The average Bonchev–Trinajstić information content (AvgIpc) is 2.33. The second-order valence-electron chi connectivity index (χ2n) is 8.21. The van der Waals surface area contributed by atoms with Gasteiger partial charge in [-0.25, -0.2) is 0 Å². The van der Waals surface area contributed by atoms with Crippen molar-refractivity contribution < 1.29 is 0 Å².